The summed E-state index contributed by atoms with van der Waals surface area (Å²) < 4.78 is 0. The smallest absolute Gasteiger partial charge is 0.222 e. The van der Waals surface area contributed by atoms with E-state index in [1.807, 2.05) is 19.3 Å². The fourth-order valence-electron chi connectivity index (χ4n) is 1.14. The third-order valence-electron chi connectivity index (χ3n) is 1.93. The van der Waals surface area contributed by atoms with E-state index in [1.54, 1.807) is 0 Å². The topological polar surface area (TPSA) is 37.8 Å². The summed E-state index contributed by atoms with van der Waals surface area (Å²) >= 11 is 5.61. The number of halogens is 1. The van der Waals surface area contributed by atoms with Crippen molar-refractivity contribution in [2.24, 2.45) is 0 Å². The lowest BCUT2D eigenvalue weighted by Crippen LogP contribution is -2.16. The van der Waals surface area contributed by atoms with Gasteiger partial charge in [-0.25, -0.2) is 9.97 Å². The van der Waals surface area contributed by atoms with Crippen molar-refractivity contribution in [1.29, 1.82) is 0 Å². The highest BCUT2D eigenvalue weighted by molar-refractivity contribution is 6.17. The third kappa shape index (κ3) is 3.92. The van der Waals surface area contributed by atoms with Gasteiger partial charge >= 0.3 is 0 Å². The zero-order chi connectivity index (χ0) is 10.4. The molecule has 1 heterocycles. The number of nitrogens with zero attached hydrogens (tertiary/aromatic N) is 2. The number of anilines is 1. The van der Waals surface area contributed by atoms with Crippen LogP contribution in [0.3, 0.4) is 0 Å². The van der Waals surface area contributed by atoms with Gasteiger partial charge in [-0.15, -0.1) is 11.6 Å². The first kappa shape index (κ1) is 11.2. The van der Waals surface area contributed by atoms with Crippen LogP contribution in [0, 0.1) is 6.92 Å². The number of hydrogen-bond acceptors (Lipinski definition) is 3. The molecule has 1 aromatic rings. The molecule has 1 rings (SSSR count). The van der Waals surface area contributed by atoms with Gasteiger partial charge < -0.3 is 5.32 Å². The number of rotatable bonds is 5. The molecule has 14 heavy (non-hydrogen) atoms. The van der Waals surface area contributed by atoms with Crippen LogP contribution in [0.15, 0.2) is 12.4 Å². The molecule has 1 unspecified atom stereocenters. The maximum absolute atomic E-state index is 5.61. The molecule has 0 saturated heterocycles. The molecule has 0 aliphatic carbocycles. The number of hydrogen-bond donors (Lipinski definition) is 1. The molecule has 0 spiro atoms. The van der Waals surface area contributed by atoms with Gasteiger partial charge in [0.15, 0.2) is 0 Å². The lowest BCUT2D eigenvalue weighted by molar-refractivity contribution is 0.686. The first-order valence-corrected chi connectivity index (χ1v) is 5.37. The Bertz CT molecular complexity index is 261. The van der Waals surface area contributed by atoms with Gasteiger partial charge in [-0.2, -0.15) is 0 Å². The molecular weight excluding hydrogens is 198 g/mol. The molecule has 78 valence electrons. The van der Waals surface area contributed by atoms with Crippen LogP contribution in [-0.2, 0) is 0 Å². The van der Waals surface area contributed by atoms with Crippen molar-refractivity contribution < 1.29 is 0 Å². The lowest BCUT2D eigenvalue weighted by Gasteiger charge is -2.12. The summed E-state index contributed by atoms with van der Waals surface area (Å²) in [5.41, 5.74) is 1.07. The summed E-state index contributed by atoms with van der Waals surface area (Å²) in [5.74, 6) is 1.40. The average molecular weight is 214 g/mol. The molecule has 1 N–H and O–H groups in total. The largest absolute Gasteiger partial charge is 0.352 e. The quantitative estimate of drug-likeness (QED) is 0.765. The van der Waals surface area contributed by atoms with Crippen molar-refractivity contribution in [3.8, 4) is 0 Å². The fourth-order valence-corrected chi connectivity index (χ4v) is 1.30. The Hall–Kier alpha value is -0.830. The second kappa shape index (κ2) is 5.81. The number of aromatic nitrogens is 2. The van der Waals surface area contributed by atoms with Gasteiger partial charge in [0.25, 0.3) is 0 Å². The van der Waals surface area contributed by atoms with E-state index >= 15 is 0 Å². The van der Waals surface area contributed by atoms with Crippen LogP contribution in [0.5, 0.6) is 0 Å². The summed E-state index contributed by atoms with van der Waals surface area (Å²) in [7, 11) is 0. The van der Waals surface area contributed by atoms with E-state index in [9.17, 15) is 0 Å². The van der Waals surface area contributed by atoms with Crippen LogP contribution in [0.2, 0.25) is 0 Å². The number of alkyl halides is 1. The van der Waals surface area contributed by atoms with E-state index in [-0.39, 0.29) is 0 Å². The van der Waals surface area contributed by atoms with E-state index in [0.29, 0.717) is 17.9 Å². The predicted molar refractivity (Wildman–Crippen MR) is 59.8 cm³/mol. The van der Waals surface area contributed by atoms with Crippen molar-refractivity contribution in [2.75, 3.05) is 11.2 Å². The Morgan fingerprint density at radius 3 is 2.64 bits per heavy atom. The van der Waals surface area contributed by atoms with Crippen molar-refractivity contribution in [1.82, 2.24) is 9.97 Å². The Labute approximate surface area is 89.9 Å². The molecule has 0 aliphatic rings. The molecule has 0 fully saturated rings. The minimum atomic E-state index is 0.372. The first-order chi connectivity index (χ1) is 6.72. The Balaban J connectivity index is 2.39. The van der Waals surface area contributed by atoms with Crippen molar-refractivity contribution >= 4 is 17.5 Å². The van der Waals surface area contributed by atoms with Crippen LogP contribution >= 0.6 is 11.6 Å². The molecule has 0 saturated carbocycles. The summed E-state index contributed by atoms with van der Waals surface area (Å²) in [4.78, 5) is 8.34. The van der Waals surface area contributed by atoms with Crippen molar-refractivity contribution in [3.05, 3.63) is 18.0 Å². The third-order valence-corrected chi connectivity index (χ3v) is 2.19. The van der Waals surface area contributed by atoms with Crippen molar-refractivity contribution in [2.45, 2.75) is 32.7 Å². The molecular formula is C10H16ClN3. The fraction of sp³-hybridized carbons (Fsp3) is 0.600. The molecule has 3 nitrogen and oxygen atoms in total. The van der Waals surface area contributed by atoms with Gasteiger partial charge in [0.2, 0.25) is 5.95 Å². The monoisotopic (exact) mass is 213 g/mol. The molecule has 1 aromatic heterocycles. The molecule has 0 aliphatic heterocycles. The normalized spacial score (nSPS) is 12.5. The second-order valence-electron chi connectivity index (χ2n) is 3.46. The zero-order valence-electron chi connectivity index (χ0n) is 8.63. The van der Waals surface area contributed by atoms with Crippen molar-refractivity contribution in [3.63, 3.8) is 0 Å². The van der Waals surface area contributed by atoms with Gasteiger partial charge in [-0.3, -0.25) is 0 Å². The van der Waals surface area contributed by atoms with E-state index in [2.05, 4.69) is 22.2 Å². The summed E-state index contributed by atoms with van der Waals surface area (Å²) in [5, 5.41) is 3.22. The maximum atomic E-state index is 5.61. The summed E-state index contributed by atoms with van der Waals surface area (Å²) in [6, 6.07) is 0.372. The van der Waals surface area contributed by atoms with Crippen LogP contribution in [0.4, 0.5) is 5.95 Å². The highest BCUT2D eigenvalue weighted by Crippen LogP contribution is 2.05. The molecule has 0 aromatic carbocycles. The Morgan fingerprint density at radius 1 is 1.43 bits per heavy atom. The number of nitrogens with one attached hydrogen (secondary N) is 1. The van der Waals surface area contributed by atoms with Gasteiger partial charge in [0, 0.05) is 24.3 Å². The molecule has 0 amide bonds. The van der Waals surface area contributed by atoms with Gasteiger partial charge in [-0.1, -0.05) is 0 Å². The lowest BCUT2D eigenvalue weighted by atomic mass is 10.2. The highest BCUT2D eigenvalue weighted by atomic mass is 35.5. The van der Waals surface area contributed by atoms with E-state index < -0.39 is 0 Å². The molecule has 0 radical (unpaired) electrons. The van der Waals surface area contributed by atoms with Crippen LogP contribution < -0.4 is 5.32 Å². The molecule has 0 bridgehead atoms. The number of aryl methyl sites for hydroxylation is 1. The minimum absolute atomic E-state index is 0.372. The average Bonchev–Trinajstić information content (AvgIpc) is 2.18. The molecule has 1 atom stereocenters. The SMILES string of the molecule is Cc1cnc(NC(C)CCCCl)nc1. The Morgan fingerprint density at radius 2 is 2.07 bits per heavy atom. The summed E-state index contributed by atoms with van der Waals surface area (Å²) in [6.45, 7) is 4.08. The van der Waals surface area contributed by atoms with Gasteiger partial charge in [0.05, 0.1) is 0 Å². The van der Waals surface area contributed by atoms with Gasteiger partial charge in [-0.05, 0) is 32.3 Å². The summed E-state index contributed by atoms with van der Waals surface area (Å²) in [6.07, 6.45) is 5.68. The van der Waals surface area contributed by atoms with Gasteiger partial charge in [0.1, 0.15) is 0 Å². The predicted octanol–water partition coefficient (Wildman–Crippen LogP) is 2.60. The second-order valence-corrected chi connectivity index (χ2v) is 3.84. The zero-order valence-corrected chi connectivity index (χ0v) is 9.38. The Kier molecular flexibility index (Phi) is 4.66. The first-order valence-electron chi connectivity index (χ1n) is 4.83. The van der Waals surface area contributed by atoms with Crippen LogP contribution in [0.25, 0.3) is 0 Å². The highest BCUT2D eigenvalue weighted by Gasteiger charge is 2.02. The van der Waals surface area contributed by atoms with Crippen LogP contribution in [-0.4, -0.2) is 21.9 Å². The van der Waals surface area contributed by atoms with Crippen LogP contribution in [0.1, 0.15) is 25.3 Å². The van der Waals surface area contributed by atoms with E-state index in [4.69, 9.17) is 11.6 Å². The molecule has 4 heteroatoms. The van der Waals surface area contributed by atoms with E-state index in [0.717, 1.165) is 18.4 Å². The van der Waals surface area contributed by atoms with E-state index in [1.165, 1.54) is 0 Å². The standard InChI is InChI=1S/C10H16ClN3/c1-8-6-12-10(13-7-8)14-9(2)4-3-5-11/h6-7,9H,3-5H2,1-2H3,(H,12,13,14). The maximum Gasteiger partial charge on any atom is 0.222 e. The minimum Gasteiger partial charge on any atom is -0.352 e.